The number of ketones is 1. The van der Waals surface area contributed by atoms with E-state index in [2.05, 4.69) is 20.8 Å². The average Bonchev–Trinajstić information content (AvgIpc) is 2.71. The molecule has 0 aromatic rings. The molecule has 7 atom stereocenters. The Morgan fingerprint density at radius 3 is 2.68 bits per heavy atom. The Labute approximate surface area is 134 Å². The highest BCUT2D eigenvalue weighted by Crippen LogP contribution is 2.64. The molecule has 22 heavy (non-hydrogen) atoms. The standard InChI is InChI=1S/C20H30O2/c1-12-10-16-13(11-18(12)21)4-5-15-14(16)6-8-19(2)17(15)7-9-20(19,3)22/h11-12,14-17,22H,4-10H2,1-3H3/t12-,14+,15-,16-,17+,19-,20+/m1/s1. The molecule has 1 N–H and O–H groups in total. The summed E-state index contributed by atoms with van der Waals surface area (Å²) >= 11 is 0. The van der Waals surface area contributed by atoms with Gasteiger partial charge in [-0.25, -0.2) is 0 Å². The summed E-state index contributed by atoms with van der Waals surface area (Å²) in [5, 5.41) is 10.9. The van der Waals surface area contributed by atoms with Crippen molar-refractivity contribution in [2.45, 2.75) is 71.3 Å². The minimum atomic E-state index is -0.478. The Morgan fingerprint density at radius 1 is 1.14 bits per heavy atom. The van der Waals surface area contributed by atoms with Gasteiger partial charge in [0.25, 0.3) is 0 Å². The molecule has 0 aromatic heterocycles. The summed E-state index contributed by atoms with van der Waals surface area (Å²) in [4.78, 5) is 12.0. The molecule has 0 spiro atoms. The molecule has 4 rings (SSSR count). The van der Waals surface area contributed by atoms with Crippen LogP contribution in [0.5, 0.6) is 0 Å². The van der Waals surface area contributed by atoms with Crippen molar-refractivity contribution in [2.75, 3.05) is 0 Å². The van der Waals surface area contributed by atoms with Crippen LogP contribution in [-0.4, -0.2) is 16.5 Å². The fraction of sp³-hybridized carbons (Fsp3) is 0.850. The molecule has 0 heterocycles. The molecule has 0 aromatic carbocycles. The Morgan fingerprint density at radius 2 is 1.91 bits per heavy atom. The van der Waals surface area contributed by atoms with Crippen LogP contribution in [0.2, 0.25) is 0 Å². The van der Waals surface area contributed by atoms with Gasteiger partial charge in [0, 0.05) is 5.92 Å². The summed E-state index contributed by atoms with van der Waals surface area (Å²) in [5.41, 5.74) is 1.10. The Balaban J connectivity index is 1.65. The zero-order valence-electron chi connectivity index (χ0n) is 14.3. The zero-order valence-corrected chi connectivity index (χ0v) is 14.3. The first-order valence-corrected chi connectivity index (χ1v) is 9.30. The third-order valence-corrected chi connectivity index (χ3v) is 8.23. The van der Waals surface area contributed by atoms with Crippen molar-refractivity contribution < 1.29 is 9.90 Å². The van der Waals surface area contributed by atoms with Crippen molar-refractivity contribution in [3.63, 3.8) is 0 Å². The minimum Gasteiger partial charge on any atom is -0.390 e. The Hall–Kier alpha value is -0.630. The fourth-order valence-electron chi connectivity index (χ4n) is 6.60. The second-order valence-electron chi connectivity index (χ2n) is 9.11. The van der Waals surface area contributed by atoms with Gasteiger partial charge >= 0.3 is 0 Å². The predicted molar refractivity (Wildman–Crippen MR) is 87.3 cm³/mol. The van der Waals surface area contributed by atoms with Crippen LogP contribution in [-0.2, 0) is 4.79 Å². The van der Waals surface area contributed by atoms with Gasteiger partial charge in [0.15, 0.2) is 5.78 Å². The summed E-state index contributed by atoms with van der Waals surface area (Å²) in [7, 11) is 0. The second-order valence-corrected chi connectivity index (χ2v) is 9.11. The van der Waals surface area contributed by atoms with Crippen LogP contribution in [0.1, 0.15) is 65.7 Å². The lowest BCUT2D eigenvalue weighted by molar-refractivity contribution is -0.121. The topological polar surface area (TPSA) is 37.3 Å². The first-order valence-electron chi connectivity index (χ1n) is 9.30. The minimum absolute atomic E-state index is 0.117. The van der Waals surface area contributed by atoms with Crippen LogP contribution in [0, 0.1) is 35.0 Å². The number of fused-ring (bicyclic) bond motifs is 5. The van der Waals surface area contributed by atoms with E-state index < -0.39 is 5.60 Å². The maximum Gasteiger partial charge on any atom is 0.158 e. The van der Waals surface area contributed by atoms with E-state index in [1.807, 2.05) is 6.08 Å². The van der Waals surface area contributed by atoms with E-state index >= 15 is 0 Å². The SMILES string of the molecule is C[C@@H]1C[C@@H]2C(=CC1=O)CC[C@@H]1[C@@H]2CC[C@]2(C)[C@H]1CC[C@]2(C)O. The molecule has 4 aliphatic carbocycles. The van der Waals surface area contributed by atoms with Crippen LogP contribution < -0.4 is 0 Å². The highest BCUT2D eigenvalue weighted by Gasteiger charge is 2.60. The molecule has 2 heteroatoms. The molecule has 3 fully saturated rings. The lowest BCUT2D eigenvalue weighted by atomic mass is 9.50. The fourth-order valence-corrected chi connectivity index (χ4v) is 6.60. The van der Waals surface area contributed by atoms with Crippen molar-refractivity contribution in [1.29, 1.82) is 0 Å². The van der Waals surface area contributed by atoms with Gasteiger partial charge in [0.2, 0.25) is 0 Å². The number of rotatable bonds is 0. The third kappa shape index (κ3) is 1.85. The number of allylic oxidation sites excluding steroid dienone is 1. The predicted octanol–water partition coefficient (Wildman–Crippen LogP) is 4.13. The summed E-state index contributed by atoms with van der Waals surface area (Å²) in [6.07, 6.45) is 10.0. The lowest BCUT2D eigenvalue weighted by Gasteiger charge is -2.55. The highest BCUT2D eigenvalue weighted by atomic mass is 16.3. The van der Waals surface area contributed by atoms with E-state index in [4.69, 9.17) is 0 Å². The molecule has 0 amide bonds. The van der Waals surface area contributed by atoms with E-state index in [9.17, 15) is 9.90 Å². The summed E-state index contributed by atoms with van der Waals surface area (Å²) < 4.78 is 0. The molecule has 0 saturated heterocycles. The maximum absolute atomic E-state index is 12.0. The average molecular weight is 302 g/mol. The van der Waals surface area contributed by atoms with Crippen LogP contribution in [0.3, 0.4) is 0 Å². The van der Waals surface area contributed by atoms with Gasteiger partial charge in [-0.15, -0.1) is 0 Å². The smallest absolute Gasteiger partial charge is 0.158 e. The first kappa shape index (κ1) is 14.9. The van der Waals surface area contributed by atoms with Gasteiger partial charge in [-0.3, -0.25) is 4.79 Å². The van der Waals surface area contributed by atoms with Crippen molar-refractivity contribution in [2.24, 2.45) is 35.0 Å². The van der Waals surface area contributed by atoms with E-state index in [-0.39, 0.29) is 11.3 Å². The monoisotopic (exact) mass is 302 g/mol. The molecule has 0 bridgehead atoms. The van der Waals surface area contributed by atoms with E-state index in [1.165, 1.54) is 24.8 Å². The van der Waals surface area contributed by atoms with Gasteiger partial charge in [-0.05, 0) is 87.0 Å². The van der Waals surface area contributed by atoms with Gasteiger partial charge in [0.1, 0.15) is 0 Å². The van der Waals surface area contributed by atoms with Gasteiger partial charge in [-0.1, -0.05) is 19.4 Å². The Bertz CT molecular complexity index is 532. The summed E-state index contributed by atoms with van der Waals surface area (Å²) in [5.74, 6) is 3.46. The van der Waals surface area contributed by atoms with E-state index in [0.29, 0.717) is 17.6 Å². The quantitative estimate of drug-likeness (QED) is 0.730. The Kier molecular flexibility index (Phi) is 3.18. The molecular formula is C20H30O2. The van der Waals surface area contributed by atoms with Crippen LogP contribution in [0.25, 0.3) is 0 Å². The number of carbonyl (C=O) groups excluding carboxylic acids is 1. The zero-order chi connectivity index (χ0) is 15.7. The van der Waals surface area contributed by atoms with E-state index in [0.717, 1.165) is 37.5 Å². The van der Waals surface area contributed by atoms with Crippen molar-refractivity contribution in [3.05, 3.63) is 11.6 Å². The lowest BCUT2D eigenvalue weighted by Crippen LogP contribution is -2.51. The number of hydrogen-bond acceptors (Lipinski definition) is 2. The normalized spacial score (nSPS) is 54.3. The second kappa shape index (κ2) is 4.69. The van der Waals surface area contributed by atoms with Gasteiger partial charge < -0.3 is 5.11 Å². The highest BCUT2D eigenvalue weighted by molar-refractivity contribution is 5.93. The molecule has 3 saturated carbocycles. The molecular weight excluding hydrogens is 272 g/mol. The van der Waals surface area contributed by atoms with Crippen LogP contribution in [0.4, 0.5) is 0 Å². The molecule has 0 unspecified atom stereocenters. The third-order valence-electron chi connectivity index (χ3n) is 8.23. The summed E-state index contributed by atoms with van der Waals surface area (Å²) in [6, 6.07) is 0. The molecule has 0 aliphatic heterocycles. The molecule has 4 aliphatic rings. The van der Waals surface area contributed by atoms with Crippen LogP contribution in [0.15, 0.2) is 11.6 Å². The summed E-state index contributed by atoms with van der Waals surface area (Å²) in [6.45, 7) is 6.52. The van der Waals surface area contributed by atoms with Crippen molar-refractivity contribution in [1.82, 2.24) is 0 Å². The van der Waals surface area contributed by atoms with Gasteiger partial charge in [0.05, 0.1) is 5.60 Å². The molecule has 122 valence electrons. The maximum atomic E-state index is 12.0. The first-order chi connectivity index (χ1) is 10.3. The number of hydrogen-bond donors (Lipinski definition) is 1. The molecule has 0 radical (unpaired) electrons. The van der Waals surface area contributed by atoms with Crippen molar-refractivity contribution in [3.8, 4) is 0 Å². The number of carbonyl (C=O) groups is 1. The number of aliphatic hydroxyl groups is 1. The molecule has 2 nitrogen and oxygen atoms in total. The van der Waals surface area contributed by atoms with Gasteiger partial charge in [-0.2, -0.15) is 0 Å². The van der Waals surface area contributed by atoms with E-state index in [1.54, 1.807) is 0 Å². The largest absolute Gasteiger partial charge is 0.390 e. The van der Waals surface area contributed by atoms with Crippen LogP contribution >= 0.6 is 0 Å². The van der Waals surface area contributed by atoms with Crippen molar-refractivity contribution >= 4 is 5.78 Å².